The molecule has 0 radical (unpaired) electrons. The summed E-state index contributed by atoms with van der Waals surface area (Å²) in [5.74, 6) is -2.20. The Morgan fingerprint density at radius 2 is 1.70 bits per heavy atom. The zero-order valence-corrected chi connectivity index (χ0v) is 12.7. The van der Waals surface area contributed by atoms with Crippen molar-refractivity contribution in [2.24, 2.45) is 5.92 Å². The summed E-state index contributed by atoms with van der Waals surface area (Å²) in [6.45, 7) is 6.12. The van der Waals surface area contributed by atoms with E-state index in [0.717, 1.165) is 12.8 Å². The molecule has 1 atom stereocenters. The minimum Gasteiger partial charge on any atom is -0.481 e. The second-order valence-electron chi connectivity index (χ2n) is 5.43. The third-order valence-corrected chi connectivity index (χ3v) is 3.13. The molecule has 4 nitrogen and oxygen atoms in total. The Hall–Kier alpha value is -1.58. The maximum atomic E-state index is 11.1. The standard InChI is InChI=1S/C16H26O4/c1-12(2)6-4-7-13(3)10-11-14(16(19)20)8-5-9-15(17)18/h6,10,14H,4-5,7-9,11H2,1-3H3,(H,17,18)(H,19,20). The van der Waals surface area contributed by atoms with Crippen LogP contribution in [0.25, 0.3) is 0 Å². The van der Waals surface area contributed by atoms with E-state index in [1.54, 1.807) is 0 Å². The van der Waals surface area contributed by atoms with Crippen molar-refractivity contribution in [2.75, 3.05) is 0 Å². The van der Waals surface area contributed by atoms with Gasteiger partial charge in [-0.15, -0.1) is 0 Å². The monoisotopic (exact) mass is 282 g/mol. The maximum Gasteiger partial charge on any atom is 0.306 e. The molecule has 4 heteroatoms. The van der Waals surface area contributed by atoms with Crippen molar-refractivity contribution < 1.29 is 19.8 Å². The second-order valence-corrected chi connectivity index (χ2v) is 5.43. The van der Waals surface area contributed by atoms with Gasteiger partial charge in [0.1, 0.15) is 0 Å². The number of carboxylic acid groups (broad SMARTS) is 2. The fraction of sp³-hybridized carbons (Fsp3) is 0.625. The van der Waals surface area contributed by atoms with Gasteiger partial charge in [0.05, 0.1) is 5.92 Å². The Labute approximate surface area is 121 Å². The van der Waals surface area contributed by atoms with Crippen LogP contribution in [-0.4, -0.2) is 22.2 Å². The van der Waals surface area contributed by atoms with Crippen LogP contribution in [-0.2, 0) is 9.59 Å². The van der Waals surface area contributed by atoms with Gasteiger partial charge in [0.15, 0.2) is 0 Å². The molecule has 0 heterocycles. The Bertz CT molecular complexity index is 376. The van der Waals surface area contributed by atoms with E-state index in [1.807, 2.05) is 13.0 Å². The van der Waals surface area contributed by atoms with Gasteiger partial charge in [-0.05, 0) is 52.9 Å². The summed E-state index contributed by atoms with van der Waals surface area (Å²) in [6.07, 6.45) is 7.39. The molecule has 0 aliphatic heterocycles. The molecular weight excluding hydrogens is 256 g/mol. The first kappa shape index (κ1) is 18.4. The largest absolute Gasteiger partial charge is 0.481 e. The quantitative estimate of drug-likeness (QED) is 0.593. The third-order valence-electron chi connectivity index (χ3n) is 3.13. The Balaban J connectivity index is 4.20. The lowest BCUT2D eigenvalue weighted by Crippen LogP contribution is -2.13. The molecule has 20 heavy (non-hydrogen) atoms. The van der Waals surface area contributed by atoms with E-state index < -0.39 is 17.9 Å². The summed E-state index contributed by atoms with van der Waals surface area (Å²) < 4.78 is 0. The molecule has 0 amide bonds. The number of aliphatic carboxylic acids is 2. The number of carbonyl (C=O) groups is 2. The van der Waals surface area contributed by atoms with Crippen molar-refractivity contribution in [3.63, 3.8) is 0 Å². The first-order chi connectivity index (χ1) is 9.32. The summed E-state index contributed by atoms with van der Waals surface area (Å²) in [4.78, 5) is 21.5. The Kier molecular flexibility index (Phi) is 9.43. The highest BCUT2D eigenvalue weighted by Crippen LogP contribution is 2.17. The number of rotatable bonds is 10. The molecule has 0 aromatic carbocycles. The van der Waals surface area contributed by atoms with Crippen LogP contribution in [0, 0.1) is 5.92 Å². The summed E-state index contributed by atoms with van der Waals surface area (Å²) in [6, 6.07) is 0. The normalized spacial score (nSPS) is 12.8. The summed E-state index contributed by atoms with van der Waals surface area (Å²) in [5, 5.41) is 17.7. The molecule has 0 fully saturated rings. The second kappa shape index (κ2) is 10.2. The first-order valence-electron chi connectivity index (χ1n) is 7.06. The van der Waals surface area contributed by atoms with Crippen LogP contribution in [0.2, 0.25) is 0 Å². The SMILES string of the molecule is CC(C)=CCCC(C)=CCC(CCCC(=O)O)C(=O)O. The van der Waals surface area contributed by atoms with Crippen LogP contribution in [0.3, 0.4) is 0 Å². The third kappa shape index (κ3) is 10.4. The van der Waals surface area contributed by atoms with Crippen molar-refractivity contribution in [3.05, 3.63) is 23.3 Å². The zero-order chi connectivity index (χ0) is 15.5. The highest BCUT2D eigenvalue weighted by atomic mass is 16.4. The van der Waals surface area contributed by atoms with Crippen molar-refractivity contribution in [1.29, 1.82) is 0 Å². The van der Waals surface area contributed by atoms with E-state index in [-0.39, 0.29) is 6.42 Å². The average Bonchev–Trinajstić information content (AvgIpc) is 2.32. The lowest BCUT2D eigenvalue weighted by Gasteiger charge is -2.09. The van der Waals surface area contributed by atoms with Gasteiger partial charge in [-0.1, -0.05) is 23.3 Å². The molecule has 0 saturated heterocycles. The molecule has 0 bridgehead atoms. The van der Waals surface area contributed by atoms with E-state index >= 15 is 0 Å². The van der Waals surface area contributed by atoms with Crippen LogP contribution in [0.4, 0.5) is 0 Å². The summed E-state index contributed by atoms with van der Waals surface area (Å²) in [5.41, 5.74) is 2.47. The molecule has 0 aromatic heterocycles. The minimum absolute atomic E-state index is 0.0348. The first-order valence-corrected chi connectivity index (χ1v) is 7.06. The number of allylic oxidation sites excluding steroid dienone is 4. The van der Waals surface area contributed by atoms with Crippen LogP contribution >= 0.6 is 0 Å². The minimum atomic E-state index is -0.873. The van der Waals surface area contributed by atoms with Gasteiger partial charge in [-0.3, -0.25) is 9.59 Å². The fourth-order valence-electron chi connectivity index (χ4n) is 1.88. The molecule has 0 aliphatic rings. The van der Waals surface area contributed by atoms with Gasteiger partial charge < -0.3 is 10.2 Å². The van der Waals surface area contributed by atoms with E-state index in [9.17, 15) is 9.59 Å². The lowest BCUT2D eigenvalue weighted by molar-refractivity contribution is -0.143. The maximum absolute atomic E-state index is 11.1. The predicted octanol–water partition coefficient (Wildman–Crippen LogP) is 4.02. The fourth-order valence-corrected chi connectivity index (χ4v) is 1.88. The molecule has 0 aromatic rings. The Morgan fingerprint density at radius 1 is 1.05 bits per heavy atom. The van der Waals surface area contributed by atoms with Crippen LogP contribution in [0.1, 0.15) is 59.3 Å². The van der Waals surface area contributed by atoms with E-state index in [0.29, 0.717) is 19.3 Å². The molecule has 114 valence electrons. The molecule has 0 saturated carbocycles. The van der Waals surface area contributed by atoms with Crippen molar-refractivity contribution >= 4 is 11.9 Å². The van der Waals surface area contributed by atoms with E-state index in [4.69, 9.17) is 10.2 Å². The number of hydrogen-bond acceptors (Lipinski definition) is 2. The summed E-state index contributed by atoms with van der Waals surface area (Å²) >= 11 is 0. The van der Waals surface area contributed by atoms with Crippen LogP contribution in [0.15, 0.2) is 23.3 Å². The predicted molar refractivity (Wildman–Crippen MR) is 79.7 cm³/mol. The zero-order valence-electron chi connectivity index (χ0n) is 12.7. The molecular formula is C16H26O4. The van der Waals surface area contributed by atoms with Gasteiger partial charge in [0, 0.05) is 6.42 Å². The molecule has 1 unspecified atom stereocenters. The highest BCUT2D eigenvalue weighted by molar-refractivity contribution is 5.70. The van der Waals surface area contributed by atoms with Crippen LogP contribution < -0.4 is 0 Å². The smallest absolute Gasteiger partial charge is 0.306 e. The van der Waals surface area contributed by atoms with Crippen molar-refractivity contribution in [1.82, 2.24) is 0 Å². The van der Waals surface area contributed by atoms with E-state index in [2.05, 4.69) is 19.9 Å². The van der Waals surface area contributed by atoms with Gasteiger partial charge in [-0.25, -0.2) is 0 Å². The van der Waals surface area contributed by atoms with Crippen molar-refractivity contribution in [3.8, 4) is 0 Å². The highest BCUT2D eigenvalue weighted by Gasteiger charge is 2.16. The van der Waals surface area contributed by atoms with Crippen molar-refractivity contribution in [2.45, 2.75) is 59.3 Å². The van der Waals surface area contributed by atoms with Gasteiger partial charge in [0.2, 0.25) is 0 Å². The average molecular weight is 282 g/mol. The number of hydrogen-bond donors (Lipinski definition) is 2. The molecule has 0 aliphatic carbocycles. The Morgan fingerprint density at radius 3 is 2.20 bits per heavy atom. The number of carboxylic acids is 2. The van der Waals surface area contributed by atoms with Gasteiger partial charge >= 0.3 is 11.9 Å². The summed E-state index contributed by atoms with van der Waals surface area (Å²) in [7, 11) is 0. The lowest BCUT2D eigenvalue weighted by atomic mass is 9.96. The molecule has 2 N–H and O–H groups in total. The van der Waals surface area contributed by atoms with Gasteiger partial charge in [-0.2, -0.15) is 0 Å². The van der Waals surface area contributed by atoms with Gasteiger partial charge in [0.25, 0.3) is 0 Å². The molecule has 0 rings (SSSR count). The molecule has 0 spiro atoms. The topological polar surface area (TPSA) is 74.6 Å². The van der Waals surface area contributed by atoms with Crippen LogP contribution in [0.5, 0.6) is 0 Å². The van der Waals surface area contributed by atoms with E-state index in [1.165, 1.54) is 11.1 Å².